The van der Waals surface area contributed by atoms with Gasteiger partial charge < -0.3 is 9.64 Å². The van der Waals surface area contributed by atoms with Crippen molar-refractivity contribution in [2.24, 2.45) is 5.14 Å². The van der Waals surface area contributed by atoms with Gasteiger partial charge in [-0.25, -0.2) is 18.4 Å². The van der Waals surface area contributed by atoms with E-state index in [1.165, 1.54) is 19.1 Å². The van der Waals surface area contributed by atoms with Gasteiger partial charge in [-0.05, 0) is 56.9 Å². The van der Waals surface area contributed by atoms with Crippen LogP contribution >= 0.6 is 0 Å². The number of ether oxygens (including phenoxy) is 1. The summed E-state index contributed by atoms with van der Waals surface area (Å²) in [5.74, 6) is -0.968. The third-order valence-corrected chi connectivity index (χ3v) is 5.75. The number of rotatable bonds is 4. The zero-order valence-electron chi connectivity index (χ0n) is 15.4. The normalized spacial score (nSPS) is 16.7. The number of likely N-dealkylation sites (tertiary alicyclic amines) is 1. The number of hydrogen-bond acceptors (Lipinski definition) is 5. The van der Waals surface area contributed by atoms with Gasteiger partial charge in [-0.3, -0.25) is 4.79 Å². The van der Waals surface area contributed by atoms with E-state index in [-0.39, 0.29) is 16.4 Å². The largest absolute Gasteiger partial charge is 0.449 e. The maximum Gasteiger partial charge on any atom is 0.338 e. The minimum atomic E-state index is -3.96. The average molecular weight is 382 g/mol. The van der Waals surface area contributed by atoms with Crippen molar-refractivity contribution in [1.82, 2.24) is 4.90 Å². The second-order valence-electron chi connectivity index (χ2n) is 6.75. The number of sulfonamides is 1. The summed E-state index contributed by atoms with van der Waals surface area (Å²) in [4.78, 5) is 26.5. The Kier molecular flexibility index (Phi) is 6.41. The SMILES string of the molecule is Cc1cc(C(=O)OC(C)C(=O)N2CCCCCC2)cc(S(N)(=O)=O)c1C. The fraction of sp³-hybridized carbons (Fsp3) is 0.556. The summed E-state index contributed by atoms with van der Waals surface area (Å²) in [6.45, 7) is 6.18. The van der Waals surface area contributed by atoms with E-state index in [1.54, 1.807) is 18.7 Å². The third kappa shape index (κ3) is 4.82. The van der Waals surface area contributed by atoms with Gasteiger partial charge in [0.25, 0.3) is 5.91 Å². The molecule has 0 bridgehead atoms. The predicted molar refractivity (Wildman–Crippen MR) is 97.2 cm³/mol. The van der Waals surface area contributed by atoms with Crippen LogP contribution in [0.5, 0.6) is 0 Å². The van der Waals surface area contributed by atoms with E-state index in [4.69, 9.17) is 9.88 Å². The van der Waals surface area contributed by atoms with E-state index in [9.17, 15) is 18.0 Å². The number of aryl methyl sites for hydroxylation is 1. The highest BCUT2D eigenvalue weighted by atomic mass is 32.2. The minimum absolute atomic E-state index is 0.0626. The molecular weight excluding hydrogens is 356 g/mol. The number of amides is 1. The van der Waals surface area contributed by atoms with Crippen LogP contribution in [0.25, 0.3) is 0 Å². The first kappa shape index (κ1) is 20.4. The molecule has 2 rings (SSSR count). The molecule has 7 nitrogen and oxygen atoms in total. The van der Waals surface area contributed by atoms with Crippen LogP contribution in [0.2, 0.25) is 0 Å². The van der Waals surface area contributed by atoms with Crippen molar-refractivity contribution in [1.29, 1.82) is 0 Å². The maximum absolute atomic E-state index is 12.5. The summed E-state index contributed by atoms with van der Waals surface area (Å²) in [6, 6.07) is 2.73. The highest BCUT2D eigenvalue weighted by molar-refractivity contribution is 7.89. The zero-order valence-corrected chi connectivity index (χ0v) is 16.3. The lowest BCUT2D eigenvalue weighted by molar-refractivity contribution is -0.139. The summed E-state index contributed by atoms with van der Waals surface area (Å²) in [5.41, 5.74) is 1.15. The van der Waals surface area contributed by atoms with Crippen molar-refractivity contribution in [2.45, 2.75) is 57.5 Å². The van der Waals surface area contributed by atoms with Gasteiger partial charge in [0.15, 0.2) is 6.10 Å². The van der Waals surface area contributed by atoms with Gasteiger partial charge in [0.2, 0.25) is 10.0 Å². The van der Waals surface area contributed by atoms with Gasteiger partial charge in [0, 0.05) is 13.1 Å². The van der Waals surface area contributed by atoms with E-state index >= 15 is 0 Å². The van der Waals surface area contributed by atoms with Crippen LogP contribution in [0, 0.1) is 13.8 Å². The van der Waals surface area contributed by atoms with Crippen molar-refractivity contribution in [3.05, 3.63) is 28.8 Å². The monoisotopic (exact) mass is 382 g/mol. The highest BCUT2D eigenvalue weighted by Gasteiger charge is 2.26. The van der Waals surface area contributed by atoms with Gasteiger partial charge >= 0.3 is 5.97 Å². The van der Waals surface area contributed by atoms with E-state index in [1.807, 2.05) is 0 Å². The number of nitrogens with two attached hydrogens (primary N) is 1. The van der Waals surface area contributed by atoms with E-state index in [0.29, 0.717) is 24.2 Å². The van der Waals surface area contributed by atoms with Crippen LogP contribution in [0.3, 0.4) is 0 Å². The fourth-order valence-electron chi connectivity index (χ4n) is 3.07. The summed E-state index contributed by atoms with van der Waals surface area (Å²) >= 11 is 0. The summed E-state index contributed by atoms with van der Waals surface area (Å²) < 4.78 is 28.7. The van der Waals surface area contributed by atoms with E-state index in [2.05, 4.69) is 0 Å². The molecule has 26 heavy (non-hydrogen) atoms. The van der Waals surface area contributed by atoms with Gasteiger partial charge in [-0.15, -0.1) is 0 Å². The van der Waals surface area contributed by atoms with Crippen molar-refractivity contribution >= 4 is 21.9 Å². The molecular formula is C18H26N2O5S. The molecule has 1 aromatic rings. The van der Waals surface area contributed by atoms with Crippen LogP contribution < -0.4 is 5.14 Å². The van der Waals surface area contributed by atoms with Crippen molar-refractivity contribution in [2.75, 3.05) is 13.1 Å². The van der Waals surface area contributed by atoms with Crippen molar-refractivity contribution in [3.63, 3.8) is 0 Å². The molecule has 1 unspecified atom stereocenters. The Bertz CT molecular complexity index is 796. The first-order valence-corrected chi connectivity index (χ1v) is 10.3. The second kappa shape index (κ2) is 8.18. The molecule has 1 aliphatic heterocycles. The molecule has 1 heterocycles. The number of nitrogens with zero attached hydrogens (tertiary/aromatic N) is 1. The topological polar surface area (TPSA) is 107 Å². The second-order valence-corrected chi connectivity index (χ2v) is 8.28. The fourth-order valence-corrected chi connectivity index (χ4v) is 3.95. The molecule has 1 atom stereocenters. The molecule has 0 radical (unpaired) electrons. The van der Waals surface area contributed by atoms with Gasteiger partial charge in [-0.1, -0.05) is 12.8 Å². The standard InChI is InChI=1S/C18H26N2O5S/c1-12-10-15(11-16(13(12)2)26(19,23)24)18(22)25-14(3)17(21)20-8-6-4-5-7-9-20/h10-11,14H,4-9H2,1-3H3,(H2,19,23,24). The maximum atomic E-state index is 12.5. The Morgan fingerprint density at radius 3 is 2.23 bits per heavy atom. The molecule has 1 aliphatic rings. The van der Waals surface area contributed by atoms with Crippen LogP contribution in [0.15, 0.2) is 17.0 Å². The molecule has 144 valence electrons. The van der Waals surface area contributed by atoms with Crippen molar-refractivity contribution in [3.8, 4) is 0 Å². The molecule has 2 N–H and O–H groups in total. The van der Waals surface area contributed by atoms with Crippen molar-refractivity contribution < 1.29 is 22.7 Å². The van der Waals surface area contributed by atoms with Crippen LogP contribution in [0.4, 0.5) is 0 Å². The van der Waals surface area contributed by atoms with E-state index in [0.717, 1.165) is 25.7 Å². The van der Waals surface area contributed by atoms with Crippen LogP contribution in [0.1, 0.15) is 54.1 Å². The Labute approximate surface area is 154 Å². The Morgan fingerprint density at radius 1 is 1.12 bits per heavy atom. The molecule has 1 fully saturated rings. The predicted octanol–water partition coefficient (Wildman–Crippen LogP) is 1.90. The molecule has 0 aromatic heterocycles. The van der Waals surface area contributed by atoms with Gasteiger partial charge in [-0.2, -0.15) is 0 Å². The average Bonchev–Trinajstić information content (AvgIpc) is 2.84. The first-order chi connectivity index (χ1) is 12.1. The third-order valence-electron chi connectivity index (χ3n) is 4.71. The molecule has 1 saturated heterocycles. The minimum Gasteiger partial charge on any atom is -0.449 e. The van der Waals surface area contributed by atoms with Gasteiger partial charge in [0.05, 0.1) is 10.5 Å². The van der Waals surface area contributed by atoms with Crippen LogP contribution in [-0.4, -0.2) is 44.4 Å². The molecule has 8 heteroatoms. The van der Waals surface area contributed by atoms with Gasteiger partial charge in [0.1, 0.15) is 0 Å². The Morgan fingerprint density at radius 2 is 1.69 bits per heavy atom. The lowest BCUT2D eigenvalue weighted by Crippen LogP contribution is -2.40. The number of primary sulfonamides is 1. The summed E-state index contributed by atoms with van der Waals surface area (Å²) in [5, 5.41) is 5.22. The molecule has 0 spiro atoms. The summed E-state index contributed by atoms with van der Waals surface area (Å²) in [7, 11) is -3.96. The highest BCUT2D eigenvalue weighted by Crippen LogP contribution is 2.21. The summed E-state index contributed by atoms with van der Waals surface area (Å²) in [6.07, 6.45) is 3.15. The lowest BCUT2D eigenvalue weighted by atomic mass is 10.1. The smallest absolute Gasteiger partial charge is 0.338 e. The number of carbonyl (C=O) groups is 2. The molecule has 0 saturated carbocycles. The lowest BCUT2D eigenvalue weighted by Gasteiger charge is -2.24. The first-order valence-electron chi connectivity index (χ1n) is 8.75. The number of esters is 1. The number of carbonyl (C=O) groups excluding carboxylic acids is 2. The molecule has 1 aromatic carbocycles. The number of hydrogen-bond donors (Lipinski definition) is 1. The Balaban J connectivity index is 2.16. The molecule has 1 amide bonds. The number of benzene rings is 1. The van der Waals surface area contributed by atoms with E-state index < -0.39 is 22.1 Å². The zero-order chi connectivity index (χ0) is 19.5. The molecule has 0 aliphatic carbocycles. The van der Waals surface area contributed by atoms with Crippen LogP contribution in [-0.2, 0) is 19.6 Å². The Hall–Kier alpha value is -1.93. The quantitative estimate of drug-likeness (QED) is 0.801.